The number of ether oxygens (including phenoxy) is 2. The molecule has 0 fully saturated rings. The van der Waals surface area contributed by atoms with Crippen molar-refractivity contribution in [1.82, 2.24) is 8.75 Å². The van der Waals surface area contributed by atoms with Crippen LogP contribution in [-0.4, -0.2) is 69.8 Å². The Kier molecular flexibility index (Phi) is 9.67. The smallest absolute Gasteiger partial charge is 0.327 e. The third-order valence-corrected chi connectivity index (χ3v) is 5.61. The van der Waals surface area contributed by atoms with Crippen molar-refractivity contribution in [3.63, 3.8) is 0 Å². The number of nitrogens with two attached hydrogens (primary N) is 1. The van der Waals surface area contributed by atoms with E-state index in [4.69, 9.17) is 20.3 Å². The number of quaternary nitrogens is 1. The normalized spacial score (nSPS) is 19.8. The number of aromatic nitrogens is 2. The largest absolute Gasteiger partial charge is 0.481 e. The summed E-state index contributed by atoms with van der Waals surface area (Å²) in [5.74, 6) is -0.981. The maximum absolute atomic E-state index is 12.1. The molecule has 1 aliphatic rings. The molecule has 0 saturated heterocycles. The van der Waals surface area contributed by atoms with Crippen LogP contribution in [0.2, 0.25) is 0 Å². The van der Waals surface area contributed by atoms with Gasteiger partial charge in [0.1, 0.15) is 18.3 Å². The third kappa shape index (κ3) is 7.66. The van der Waals surface area contributed by atoms with Crippen LogP contribution < -0.4 is 10.5 Å². The van der Waals surface area contributed by atoms with Crippen molar-refractivity contribution >= 4 is 29.2 Å². The first-order valence-corrected chi connectivity index (χ1v) is 11.2. The van der Waals surface area contributed by atoms with Crippen molar-refractivity contribution in [3.8, 4) is 5.88 Å². The van der Waals surface area contributed by atoms with Crippen molar-refractivity contribution < 1.29 is 28.7 Å². The van der Waals surface area contributed by atoms with E-state index in [1.165, 1.54) is 12.8 Å². The van der Waals surface area contributed by atoms with Gasteiger partial charge in [-0.1, -0.05) is 32.3 Å². The summed E-state index contributed by atoms with van der Waals surface area (Å²) in [4.78, 5) is 22.7. The van der Waals surface area contributed by atoms with Gasteiger partial charge in [-0.05, 0) is 12.8 Å². The predicted octanol–water partition coefficient (Wildman–Crippen LogP) is 2.42. The highest BCUT2D eigenvalue weighted by Gasteiger charge is 2.31. The fourth-order valence-electron chi connectivity index (χ4n) is 3.28. The van der Waals surface area contributed by atoms with Crippen LogP contribution >= 0.6 is 11.7 Å². The monoisotopic (exact) mass is 441 g/mol. The van der Waals surface area contributed by atoms with Gasteiger partial charge in [0.05, 0.1) is 31.9 Å². The lowest BCUT2D eigenvalue weighted by atomic mass is 10.1. The van der Waals surface area contributed by atoms with Crippen molar-refractivity contribution in [1.29, 1.82) is 0 Å². The maximum Gasteiger partial charge on any atom is 0.327 e. The number of hydrogen-bond donors (Lipinski definition) is 2. The first kappa shape index (κ1) is 24.2. The number of carboxylic acids is 1. The molecule has 0 bridgehead atoms. The number of likely N-dealkylation sites (N-methyl/N-ethyl adjacent to an activating group) is 1. The van der Waals surface area contributed by atoms with Crippen molar-refractivity contribution in [2.45, 2.75) is 57.9 Å². The lowest BCUT2D eigenvalue weighted by Gasteiger charge is -2.36. The molecule has 1 aromatic rings. The zero-order chi connectivity index (χ0) is 22.0. The van der Waals surface area contributed by atoms with Crippen LogP contribution in [0.25, 0.3) is 5.57 Å². The number of hydrogen-bond acceptors (Lipinski definition) is 8. The van der Waals surface area contributed by atoms with Crippen LogP contribution in [0.1, 0.15) is 57.6 Å². The van der Waals surface area contributed by atoms with Gasteiger partial charge in [-0.15, -0.1) is 4.37 Å². The molecule has 3 N–H and O–H groups in total. The summed E-state index contributed by atoms with van der Waals surface area (Å²) in [7, 11) is 2.01. The standard InChI is InChI=1S/C20H32N4O5S/c1-3-4-5-6-12-28-19-18(22-30-23-19)15-8-7-11-24(2,13-15)14-29-20(27)16(21)9-10-17(25)26/h8,16H,3-7,9-14,21H2,1-2H3/p+1/t16-,24?/m0/s1. The molecule has 0 aromatic carbocycles. The highest BCUT2D eigenvalue weighted by atomic mass is 32.1. The zero-order valence-corrected chi connectivity index (χ0v) is 18.7. The van der Waals surface area contributed by atoms with Crippen molar-refractivity contribution in [3.05, 3.63) is 11.8 Å². The van der Waals surface area contributed by atoms with Crippen LogP contribution in [0, 0.1) is 0 Å². The Morgan fingerprint density at radius 3 is 2.87 bits per heavy atom. The van der Waals surface area contributed by atoms with Crippen LogP contribution in [0.15, 0.2) is 6.08 Å². The lowest BCUT2D eigenvalue weighted by Crippen LogP contribution is -2.50. The average molecular weight is 442 g/mol. The minimum Gasteiger partial charge on any atom is -0.481 e. The number of nitrogens with zero attached hydrogens (tertiary/aromatic N) is 3. The second-order valence-corrected chi connectivity index (χ2v) is 8.51. The van der Waals surface area contributed by atoms with Crippen LogP contribution in [0.4, 0.5) is 0 Å². The van der Waals surface area contributed by atoms with E-state index in [2.05, 4.69) is 21.7 Å². The molecular formula is C20H33N4O5S+. The Bertz CT molecular complexity index is 739. The molecule has 9 nitrogen and oxygen atoms in total. The summed E-state index contributed by atoms with van der Waals surface area (Å²) in [6.45, 7) is 4.42. The van der Waals surface area contributed by atoms with Gasteiger partial charge in [0.2, 0.25) is 6.73 Å². The second kappa shape index (κ2) is 12.0. The van der Waals surface area contributed by atoms with Gasteiger partial charge in [-0.25, -0.2) is 0 Å². The highest BCUT2D eigenvalue weighted by Crippen LogP contribution is 2.30. The molecule has 30 heavy (non-hydrogen) atoms. The zero-order valence-electron chi connectivity index (χ0n) is 17.8. The molecule has 0 spiro atoms. The van der Waals surface area contributed by atoms with E-state index in [0.29, 0.717) is 23.5 Å². The summed E-state index contributed by atoms with van der Waals surface area (Å²) >= 11 is 1.14. The molecule has 10 heteroatoms. The first-order chi connectivity index (χ1) is 14.3. The van der Waals surface area contributed by atoms with Gasteiger partial charge in [-0.2, -0.15) is 4.37 Å². The molecule has 1 aliphatic heterocycles. The SMILES string of the molecule is CCCCCCOc1nsnc1C1=CCC[N+](C)(COC(=O)[C@@H](N)CCC(=O)O)C1. The van der Waals surface area contributed by atoms with E-state index in [1.807, 2.05) is 7.05 Å². The van der Waals surface area contributed by atoms with Crippen molar-refractivity contribution in [2.75, 3.05) is 33.5 Å². The minimum atomic E-state index is -0.983. The summed E-state index contributed by atoms with van der Waals surface area (Å²) in [6, 6.07) is -0.928. The molecule has 0 aliphatic carbocycles. The van der Waals surface area contributed by atoms with Gasteiger partial charge in [0, 0.05) is 18.4 Å². The quantitative estimate of drug-likeness (QED) is 0.272. The number of rotatable bonds is 13. The maximum atomic E-state index is 12.1. The number of carboxylic acid groups (broad SMARTS) is 1. The molecule has 0 amide bonds. The Hall–Kier alpha value is -2.04. The molecule has 2 rings (SSSR count). The average Bonchev–Trinajstić information content (AvgIpc) is 3.18. The topological polar surface area (TPSA) is 125 Å². The molecule has 2 atom stereocenters. The van der Waals surface area contributed by atoms with Gasteiger partial charge in [-0.3, -0.25) is 14.1 Å². The Morgan fingerprint density at radius 2 is 2.13 bits per heavy atom. The Balaban J connectivity index is 1.88. The van der Waals surface area contributed by atoms with E-state index >= 15 is 0 Å². The van der Waals surface area contributed by atoms with E-state index in [-0.39, 0.29) is 19.6 Å². The fraction of sp³-hybridized carbons (Fsp3) is 0.700. The number of esters is 1. The highest BCUT2D eigenvalue weighted by molar-refractivity contribution is 6.99. The van der Waals surface area contributed by atoms with Crippen molar-refractivity contribution in [2.24, 2.45) is 5.73 Å². The molecule has 0 radical (unpaired) electrons. The van der Waals surface area contributed by atoms with Crippen LogP contribution in [0.5, 0.6) is 5.88 Å². The summed E-state index contributed by atoms with van der Waals surface area (Å²) < 4.78 is 20.5. The predicted molar refractivity (Wildman–Crippen MR) is 114 cm³/mol. The summed E-state index contributed by atoms with van der Waals surface area (Å²) in [5.41, 5.74) is 7.54. The molecule has 168 valence electrons. The molecule has 0 saturated carbocycles. The van der Waals surface area contributed by atoms with Gasteiger partial charge < -0.3 is 20.3 Å². The molecule has 1 aromatic heterocycles. The number of carbonyl (C=O) groups excluding carboxylic acids is 1. The number of unbranched alkanes of at least 4 members (excludes halogenated alkanes) is 3. The fourth-order valence-corrected chi connectivity index (χ4v) is 3.81. The van der Waals surface area contributed by atoms with E-state index in [0.717, 1.165) is 48.8 Å². The minimum absolute atomic E-state index is 0.0620. The van der Waals surface area contributed by atoms with E-state index in [1.54, 1.807) is 0 Å². The van der Waals surface area contributed by atoms with E-state index in [9.17, 15) is 9.59 Å². The van der Waals surface area contributed by atoms with Crippen LogP contribution in [0.3, 0.4) is 0 Å². The molecule has 1 unspecified atom stereocenters. The first-order valence-electron chi connectivity index (χ1n) is 10.5. The van der Waals surface area contributed by atoms with Gasteiger partial charge in [0.25, 0.3) is 5.88 Å². The molecular weight excluding hydrogens is 408 g/mol. The molecule has 2 heterocycles. The van der Waals surface area contributed by atoms with Gasteiger partial charge >= 0.3 is 11.9 Å². The summed E-state index contributed by atoms with van der Waals surface area (Å²) in [5, 5.41) is 8.72. The van der Waals surface area contributed by atoms with Crippen LogP contribution in [-0.2, 0) is 14.3 Å². The summed E-state index contributed by atoms with van der Waals surface area (Å²) in [6.07, 6.45) is 7.38. The second-order valence-electron chi connectivity index (χ2n) is 7.98. The third-order valence-electron chi connectivity index (χ3n) is 5.10. The lowest BCUT2D eigenvalue weighted by molar-refractivity contribution is -0.919. The Morgan fingerprint density at radius 1 is 1.33 bits per heavy atom. The number of carbonyl (C=O) groups is 2. The number of aliphatic carboxylic acids is 1. The van der Waals surface area contributed by atoms with E-state index < -0.39 is 18.0 Å². The van der Waals surface area contributed by atoms with Gasteiger partial charge in [0.15, 0.2) is 0 Å². The Labute approximate surface area is 181 Å².